The maximum absolute atomic E-state index is 11.0. The number of hydrogen-bond acceptors (Lipinski definition) is 3. The maximum atomic E-state index is 11.0. The van der Waals surface area contributed by atoms with Gasteiger partial charge in [0.2, 0.25) is 0 Å². The third-order valence-electron chi connectivity index (χ3n) is 5.13. The van der Waals surface area contributed by atoms with Crippen molar-refractivity contribution in [1.82, 2.24) is 5.32 Å². The predicted octanol–water partition coefficient (Wildman–Crippen LogP) is 2.71. The van der Waals surface area contributed by atoms with Crippen LogP contribution in [0.15, 0.2) is 0 Å². The Bertz CT molecular complexity index is 321. The Kier molecular flexibility index (Phi) is 3.85. The first kappa shape index (κ1) is 12.8. The number of nitrogens with one attached hydrogen (secondary N) is 1. The van der Waals surface area contributed by atoms with Gasteiger partial charge in [0.05, 0.1) is 5.37 Å². The molecule has 1 heterocycles. The van der Waals surface area contributed by atoms with E-state index in [1.165, 1.54) is 44.9 Å². The van der Waals surface area contributed by atoms with Crippen molar-refractivity contribution in [3.8, 4) is 0 Å². The molecule has 0 aromatic rings. The number of fused-ring (bicyclic) bond motifs is 1. The fourth-order valence-electron chi connectivity index (χ4n) is 4.25. The summed E-state index contributed by atoms with van der Waals surface area (Å²) in [5.74, 6) is 2.58. The number of aliphatic carboxylic acids is 1. The van der Waals surface area contributed by atoms with Crippen molar-refractivity contribution in [2.75, 3.05) is 5.75 Å². The highest BCUT2D eigenvalue weighted by atomic mass is 32.2. The minimum atomic E-state index is -0.680. The summed E-state index contributed by atoms with van der Waals surface area (Å²) < 4.78 is 0. The summed E-state index contributed by atoms with van der Waals surface area (Å²) >= 11 is 1.85. The van der Waals surface area contributed by atoms with Crippen LogP contribution in [0.1, 0.15) is 44.9 Å². The summed E-state index contributed by atoms with van der Waals surface area (Å²) in [4.78, 5) is 11.0. The van der Waals surface area contributed by atoms with Gasteiger partial charge in [0.25, 0.3) is 0 Å². The Morgan fingerprint density at radius 1 is 1.06 bits per heavy atom. The summed E-state index contributed by atoms with van der Waals surface area (Å²) in [6.45, 7) is 0. The Labute approximate surface area is 113 Å². The van der Waals surface area contributed by atoms with Crippen LogP contribution in [0, 0.1) is 17.8 Å². The molecular formula is C14H23NO2S. The van der Waals surface area contributed by atoms with Crippen molar-refractivity contribution >= 4 is 17.7 Å². The largest absolute Gasteiger partial charge is 0.480 e. The van der Waals surface area contributed by atoms with Gasteiger partial charge in [-0.1, -0.05) is 32.1 Å². The molecule has 0 radical (unpaired) electrons. The van der Waals surface area contributed by atoms with E-state index in [1.54, 1.807) is 0 Å². The Morgan fingerprint density at radius 3 is 2.56 bits per heavy atom. The average Bonchev–Trinajstić information content (AvgIpc) is 2.87. The van der Waals surface area contributed by atoms with E-state index in [4.69, 9.17) is 5.11 Å². The van der Waals surface area contributed by atoms with Gasteiger partial charge in [0.15, 0.2) is 0 Å². The van der Waals surface area contributed by atoms with Gasteiger partial charge in [0, 0.05) is 5.75 Å². The molecule has 3 fully saturated rings. The molecule has 0 aromatic carbocycles. The second kappa shape index (κ2) is 5.41. The maximum Gasteiger partial charge on any atom is 0.321 e. The molecule has 2 saturated carbocycles. The van der Waals surface area contributed by atoms with E-state index in [0.29, 0.717) is 5.37 Å². The monoisotopic (exact) mass is 269 g/mol. The lowest BCUT2D eigenvalue weighted by Crippen LogP contribution is -2.44. The lowest BCUT2D eigenvalue weighted by molar-refractivity contribution is -0.138. The molecule has 18 heavy (non-hydrogen) atoms. The Balaban J connectivity index is 1.66. The van der Waals surface area contributed by atoms with E-state index in [0.717, 1.165) is 23.5 Å². The third-order valence-corrected chi connectivity index (χ3v) is 6.50. The quantitative estimate of drug-likeness (QED) is 0.809. The van der Waals surface area contributed by atoms with E-state index in [-0.39, 0.29) is 6.04 Å². The molecule has 5 unspecified atom stereocenters. The summed E-state index contributed by atoms with van der Waals surface area (Å²) in [5.41, 5.74) is 0. The number of rotatable bonds is 2. The first-order chi connectivity index (χ1) is 8.75. The molecule has 3 nitrogen and oxygen atoms in total. The zero-order valence-electron chi connectivity index (χ0n) is 10.8. The second-order valence-corrected chi connectivity index (χ2v) is 7.29. The average molecular weight is 269 g/mol. The molecule has 2 N–H and O–H groups in total. The SMILES string of the molecule is O=C(O)C1CSC(C2CCCC3CCCCC32)N1. The summed E-state index contributed by atoms with van der Waals surface area (Å²) in [5, 5.41) is 12.8. The molecule has 4 heteroatoms. The number of hydrogen-bond donors (Lipinski definition) is 2. The summed E-state index contributed by atoms with van der Waals surface area (Å²) in [7, 11) is 0. The standard InChI is InChI=1S/C14H23NO2S/c16-14(17)12-8-18-13(15-12)11-7-3-5-9-4-1-2-6-10(9)11/h9-13,15H,1-8H2,(H,16,17). The van der Waals surface area contributed by atoms with Crippen molar-refractivity contribution in [2.24, 2.45) is 17.8 Å². The van der Waals surface area contributed by atoms with Gasteiger partial charge in [-0.15, -0.1) is 11.8 Å². The molecule has 1 aliphatic heterocycles. The van der Waals surface area contributed by atoms with Crippen molar-refractivity contribution in [3.05, 3.63) is 0 Å². The van der Waals surface area contributed by atoms with Crippen LogP contribution in [-0.2, 0) is 4.79 Å². The second-order valence-electron chi connectivity index (χ2n) is 6.11. The molecule has 2 aliphatic carbocycles. The van der Waals surface area contributed by atoms with Crippen LogP contribution in [0.2, 0.25) is 0 Å². The highest BCUT2D eigenvalue weighted by Gasteiger charge is 2.42. The van der Waals surface area contributed by atoms with Crippen LogP contribution < -0.4 is 5.32 Å². The van der Waals surface area contributed by atoms with Gasteiger partial charge in [-0.3, -0.25) is 10.1 Å². The zero-order chi connectivity index (χ0) is 12.5. The minimum Gasteiger partial charge on any atom is -0.480 e. The lowest BCUT2D eigenvalue weighted by atomic mass is 9.65. The number of carboxylic acids is 1. The normalized spacial score (nSPS) is 44.6. The van der Waals surface area contributed by atoms with Crippen LogP contribution in [0.5, 0.6) is 0 Å². The van der Waals surface area contributed by atoms with Crippen LogP contribution in [0.3, 0.4) is 0 Å². The van der Waals surface area contributed by atoms with Crippen molar-refractivity contribution < 1.29 is 9.90 Å². The third kappa shape index (κ3) is 2.42. The number of thioether (sulfide) groups is 1. The molecular weight excluding hydrogens is 246 g/mol. The first-order valence-corrected chi connectivity index (χ1v) is 8.41. The molecule has 0 amide bonds. The molecule has 3 aliphatic rings. The van der Waals surface area contributed by atoms with Crippen molar-refractivity contribution in [1.29, 1.82) is 0 Å². The van der Waals surface area contributed by atoms with Crippen LogP contribution in [0.25, 0.3) is 0 Å². The molecule has 0 spiro atoms. The molecule has 0 bridgehead atoms. The van der Waals surface area contributed by atoms with Crippen LogP contribution in [-0.4, -0.2) is 28.2 Å². The molecule has 102 valence electrons. The Hall–Kier alpha value is -0.220. The fourth-order valence-corrected chi connectivity index (χ4v) is 5.73. The number of carboxylic acid groups (broad SMARTS) is 1. The summed E-state index contributed by atoms with van der Waals surface area (Å²) in [6.07, 6.45) is 9.67. The van der Waals surface area contributed by atoms with Gasteiger partial charge in [-0.2, -0.15) is 0 Å². The van der Waals surface area contributed by atoms with Gasteiger partial charge < -0.3 is 5.11 Å². The Morgan fingerprint density at radius 2 is 1.78 bits per heavy atom. The smallest absolute Gasteiger partial charge is 0.321 e. The minimum absolute atomic E-state index is 0.316. The van der Waals surface area contributed by atoms with E-state index >= 15 is 0 Å². The summed E-state index contributed by atoms with van der Waals surface area (Å²) in [6, 6.07) is -0.316. The first-order valence-electron chi connectivity index (χ1n) is 7.36. The zero-order valence-corrected chi connectivity index (χ0v) is 11.6. The highest BCUT2D eigenvalue weighted by Crippen LogP contribution is 2.47. The predicted molar refractivity (Wildman–Crippen MR) is 73.6 cm³/mol. The van der Waals surface area contributed by atoms with Crippen LogP contribution >= 0.6 is 11.8 Å². The number of carbonyl (C=O) groups is 1. The lowest BCUT2D eigenvalue weighted by Gasteiger charge is -2.43. The van der Waals surface area contributed by atoms with Gasteiger partial charge in [0.1, 0.15) is 6.04 Å². The van der Waals surface area contributed by atoms with Gasteiger partial charge in [-0.05, 0) is 30.6 Å². The van der Waals surface area contributed by atoms with Crippen molar-refractivity contribution in [2.45, 2.75) is 56.4 Å². The van der Waals surface area contributed by atoms with E-state index in [9.17, 15) is 4.79 Å². The molecule has 5 atom stereocenters. The highest BCUT2D eigenvalue weighted by molar-refractivity contribution is 8.00. The van der Waals surface area contributed by atoms with Crippen LogP contribution in [0.4, 0.5) is 0 Å². The van der Waals surface area contributed by atoms with Gasteiger partial charge >= 0.3 is 5.97 Å². The van der Waals surface area contributed by atoms with E-state index in [2.05, 4.69) is 5.32 Å². The van der Waals surface area contributed by atoms with E-state index in [1.807, 2.05) is 11.8 Å². The molecule has 0 aromatic heterocycles. The van der Waals surface area contributed by atoms with Crippen molar-refractivity contribution in [3.63, 3.8) is 0 Å². The molecule has 1 saturated heterocycles. The molecule has 3 rings (SSSR count). The van der Waals surface area contributed by atoms with Gasteiger partial charge in [-0.25, -0.2) is 0 Å². The fraction of sp³-hybridized carbons (Fsp3) is 0.929. The van der Waals surface area contributed by atoms with E-state index < -0.39 is 5.97 Å². The topological polar surface area (TPSA) is 49.3 Å².